The highest BCUT2D eigenvalue weighted by molar-refractivity contribution is 5.82. The van der Waals surface area contributed by atoms with E-state index >= 15 is 0 Å². The van der Waals surface area contributed by atoms with E-state index in [2.05, 4.69) is 0 Å². The number of ketones is 1. The largest absolute Gasteiger partial charge is 0.471 e. The molecule has 1 aliphatic heterocycles. The van der Waals surface area contributed by atoms with Crippen LogP contribution in [0.15, 0.2) is 18.2 Å². The van der Waals surface area contributed by atoms with Crippen LogP contribution in [0.3, 0.4) is 0 Å². The number of alkyl halides is 3. The highest BCUT2D eigenvalue weighted by Gasteiger charge is 2.42. The minimum Gasteiger partial charge on any atom is -0.334 e. The topological polar surface area (TPSA) is 37.4 Å². The van der Waals surface area contributed by atoms with E-state index in [-0.39, 0.29) is 18.9 Å². The third kappa shape index (κ3) is 3.83. The fourth-order valence-electron chi connectivity index (χ4n) is 2.56. The Bertz CT molecular complexity index is 567. The molecule has 0 fully saturated rings. The monoisotopic (exact) mass is 299 g/mol. The number of hydrogen-bond donors (Lipinski definition) is 0. The van der Waals surface area contributed by atoms with Gasteiger partial charge in [0.25, 0.3) is 0 Å². The van der Waals surface area contributed by atoms with Crippen LogP contribution in [0.2, 0.25) is 0 Å². The predicted molar refractivity (Wildman–Crippen MR) is 70.9 cm³/mol. The normalized spacial score (nSPS) is 15.3. The van der Waals surface area contributed by atoms with Crippen LogP contribution in [-0.4, -0.2) is 35.9 Å². The molecule has 1 heterocycles. The Labute approximate surface area is 120 Å². The molecule has 2 rings (SSSR count). The fourth-order valence-corrected chi connectivity index (χ4v) is 2.56. The average molecular weight is 299 g/mol. The van der Waals surface area contributed by atoms with Gasteiger partial charge in [-0.15, -0.1) is 0 Å². The van der Waals surface area contributed by atoms with Crippen LogP contribution in [0.25, 0.3) is 0 Å². The summed E-state index contributed by atoms with van der Waals surface area (Å²) in [4.78, 5) is 23.3. The second-order valence-electron chi connectivity index (χ2n) is 5.27. The van der Waals surface area contributed by atoms with E-state index in [1.54, 1.807) is 0 Å². The maximum atomic E-state index is 12.5. The van der Waals surface area contributed by atoms with Crippen LogP contribution >= 0.6 is 0 Å². The van der Waals surface area contributed by atoms with Gasteiger partial charge in [0.05, 0.1) is 0 Å². The maximum Gasteiger partial charge on any atom is 0.471 e. The standard InChI is InChI=1S/C15H16F3NO2/c1-10(20)8-11-2-3-12-4-6-19(7-5-13(12)9-11)14(21)15(16,17)18/h2-3,9H,4-8H2,1H3. The highest BCUT2D eigenvalue weighted by atomic mass is 19.4. The second kappa shape index (κ2) is 5.87. The van der Waals surface area contributed by atoms with Gasteiger partial charge in [0.2, 0.25) is 0 Å². The van der Waals surface area contributed by atoms with Crippen LogP contribution in [0, 0.1) is 0 Å². The van der Waals surface area contributed by atoms with Crippen molar-refractivity contribution in [1.82, 2.24) is 4.90 Å². The van der Waals surface area contributed by atoms with Crippen LogP contribution in [-0.2, 0) is 28.9 Å². The molecule has 114 valence electrons. The fraction of sp³-hybridized carbons (Fsp3) is 0.467. The smallest absolute Gasteiger partial charge is 0.334 e. The average Bonchev–Trinajstić information content (AvgIpc) is 2.58. The minimum absolute atomic E-state index is 0.0393. The van der Waals surface area contributed by atoms with Gasteiger partial charge in [-0.05, 0) is 36.5 Å². The summed E-state index contributed by atoms with van der Waals surface area (Å²) in [5.74, 6) is -1.74. The Balaban J connectivity index is 2.14. The van der Waals surface area contributed by atoms with Gasteiger partial charge in [0, 0.05) is 19.5 Å². The lowest BCUT2D eigenvalue weighted by atomic mass is 9.98. The summed E-state index contributed by atoms with van der Waals surface area (Å²) in [5.41, 5.74) is 2.72. The summed E-state index contributed by atoms with van der Waals surface area (Å²) >= 11 is 0. The zero-order valence-corrected chi connectivity index (χ0v) is 11.7. The predicted octanol–water partition coefficient (Wildman–Crippen LogP) is 2.31. The second-order valence-corrected chi connectivity index (χ2v) is 5.27. The van der Waals surface area contributed by atoms with Gasteiger partial charge in [-0.3, -0.25) is 9.59 Å². The minimum atomic E-state index is -4.82. The molecule has 0 N–H and O–H groups in total. The molecule has 0 saturated carbocycles. The van der Waals surface area contributed by atoms with Gasteiger partial charge in [-0.1, -0.05) is 18.2 Å². The summed E-state index contributed by atoms with van der Waals surface area (Å²) in [5, 5.41) is 0. The molecule has 0 radical (unpaired) electrons. The lowest BCUT2D eigenvalue weighted by Gasteiger charge is -2.21. The first-order valence-electron chi connectivity index (χ1n) is 6.73. The van der Waals surface area contributed by atoms with E-state index in [4.69, 9.17) is 0 Å². The zero-order valence-electron chi connectivity index (χ0n) is 11.7. The number of hydrogen-bond acceptors (Lipinski definition) is 2. The first kappa shape index (κ1) is 15.5. The molecule has 21 heavy (non-hydrogen) atoms. The van der Waals surface area contributed by atoms with Crippen molar-refractivity contribution < 1.29 is 22.8 Å². The first-order chi connectivity index (χ1) is 9.77. The Morgan fingerprint density at radius 2 is 1.76 bits per heavy atom. The number of fused-ring (bicyclic) bond motifs is 1. The van der Waals surface area contributed by atoms with E-state index in [0.717, 1.165) is 21.6 Å². The summed E-state index contributed by atoms with van der Waals surface area (Å²) in [7, 11) is 0. The number of halogens is 3. The molecule has 0 aromatic heterocycles. The van der Waals surface area contributed by atoms with Gasteiger partial charge in [-0.25, -0.2) is 0 Å². The van der Waals surface area contributed by atoms with Gasteiger partial charge in [0.1, 0.15) is 5.78 Å². The molecule has 1 aromatic carbocycles. The van der Waals surface area contributed by atoms with E-state index in [1.807, 2.05) is 18.2 Å². The number of benzene rings is 1. The molecule has 0 aliphatic carbocycles. The number of nitrogens with zero attached hydrogens (tertiary/aromatic N) is 1. The number of rotatable bonds is 2. The van der Waals surface area contributed by atoms with Crippen molar-refractivity contribution in [2.45, 2.75) is 32.4 Å². The lowest BCUT2D eigenvalue weighted by molar-refractivity contribution is -0.185. The summed E-state index contributed by atoms with van der Waals surface area (Å²) in [6.07, 6.45) is -3.73. The molecule has 3 nitrogen and oxygen atoms in total. The third-order valence-electron chi connectivity index (χ3n) is 3.56. The maximum absolute atomic E-state index is 12.5. The van der Waals surface area contributed by atoms with Crippen molar-refractivity contribution >= 4 is 11.7 Å². The number of carbonyl (C=O) groups is 2. The van der Waals surface area contributed by atoms with Crippen LogP contribution in [0.1, 0.15) is 23.6 Å². The summed E-state index contributed by atoms with van der Waals surface area (Å²) < 4.78 is 37.4. The van der Waals surface area contributed by atoms with Crippen molar-refractivity contribution in [1.29, 1.82) is 0 Å². The Kier molecular flexibility index (Phi) is 4.34. The van der Waals surface area contributed by atoms with E-state index in [1.165, 1.54) is 6.92 Å². The molecule has 0 atom stereocenters. The highest BCUT2D eigenvalue weighted by Crippen LogP contribution is 2.23. The first-order valence-corrected chi connectivity index (χ1v) is 6.73. The number of Topliss-reactive ketones (excluding diaryl/α,β-unsaturated/α-hetero) is 1. The SMILES string of the molecule is CC(=O)Cc1ccc2c(c1)CCN(C(=O)C(F)(F)F)CC2. The van der Waals surface area contributed by atoms with Gasteiger partial charge in [0.15, 0.2) is 0 Å². The zero-order chi connectivity index (χ0) is 15.6. The molecule has 1 aromatic rings. The lowest BCUT2D eigenvalue weighted by Crippen LogP contribution is -2.42. The Morgan fingerprint density at radius 1 is 1.14 bits per heavy atom. The quantitative estimate of drug-likeness (QED) is 0.840. The molecule has 0 spiro atoms. The van der Waals surface area contributed by atoms with Crippen LogP contribution in [0.4, 0.5) is 13.2 Å². The van der Waals surface area contributed by atoms with Crippen LogP contribution < -0.4 is 0 Å². The number of amides is 1. The molecular formula is C15H16F3NO2. The third-order valence-corrected chi connectivity index (χ3v) is 3.56. The molecular weight excluding hydrogens is 283 g/mol. The molecule has 1 amide bonds. The van der Waals surface area contributed by atoms with Crippen molar-refractivity contribution in [3.8, 4) is 0 Å². The molecule has 6 heteroatoms. The van der Waals surface area contributed by atoms with E-state index < -0.39 is 12.1 Å². The molecule has 1 aliphatic rings. The van der Waals surface area contributed by atoms with Crippen molar-refractivity contribution in [2.24, 2.45) is 0 Å². The van der Waals surface area contributed by atoms with E-state index in [0.29, 0.717) is 19.3 Å². The Hall–Kier alpha value is -1.85. The summed E-state index contributed by atoms with van der Waals surface area (Å²) in [6, 6.07) is 5.52. The van der Waals surface area contributed by atoms with Crippen LogP contribution in [0.5, 0.6) is 0 Å². The van der Waals surface area contributed by atoms with Gasteiger partial charge < -0.3 is 4.90 Å². The Morgan fingerprint density at radius 3 is 2.33 bits per heavy atom. The van der Waals surface area contributed by atoms with Crippen molar-refractivity contribution in [3.63, 3.8) is 0 Å². The molecule has 0 bridgehead atoms. The number of carbonyl (C=O) groups excluding carboxylic acids is 2. The van der Waals surface area contributed by atoms with Gasteiger partial charge >= 0.3 is 12.1 Å². The van der Waals surface area contributed by atoms with Crippen molar-refractivity contribution in [3.05, 3.63) is 34.9 Å². The summed E-state index contributed by atoms with van der Waals surface area (Å²) in [6.45, 7) is 1.61. The molecule has 0 unspecified atom stereocenters. The van der Waals surface area contributed by atoms with Gasteiger partial charge in [-0.2, -0.15) is 13.2 Å². The molecule has 0 saturated heterocycles. The van der Waals surface area contributed by atoms with E-state index in [9.17, 15) is 22.8 Å². The van der Waals surface area contributed by atoms with Crippen molar-refractivity contribution in [2.75, 3.05) is 13.1 Å².